The van der Waals surface area contributed by atoms with Crippen molar-refractivity contribution in [2.75, 3.05) is 18.0 Å². The average molecular weight is 290 g/mol. The Morgan fingerprint density at radius 3 is 3.10 bits per heavy atom. The lowest BCUT2D eigenvalue weighted by atomic mass is 9.92. The van der Waals surface area contributed by atoms with E-state index in [9.17, 15) is 0 Å². The van der Waals surface area contributed by atoms with Crippen molar-refractivity contribution in [1.82, 2.24) is 9.97 Å². The Morgan fingerprint density at radius 2 is 2.35 bits per heavy atom. The highest BCUT2D eigenvalue weighted by molar-refractivity contribution is 7.18. The summed E-state index contributed by atoms with van der Waals surface area (Å²) in [7, 11) is 0. The molecule has 1 aliphatic heterocycles. The molecule has 0 spiro atoms. The molecule has 5 heteroatoms. The van der Waals surface area contributed by atoms with E-state index in [1.165, 1.54) is 23.1 Å². The van der Waals surface area contributed by atoms with E-state index in [-0.39, 0.29) is 6.04 Å². The second-order valence-electron chi connectivity index (χ2n) is 5.69. The predicted octanol–water partition coefficient (Wildman–Crippen LogP) is 2.82. The van der Waals surface area contributed by atoms with Crippen molar-refractivity contribution in [3.8, 4) is 0 Å². The van der Waals surface area contributed by atoms with E-state index in [0.29, 0.717) is 5.92 Å². The van der Waals surface area contributed by atoms with Crippen LogP contribution in [0.3, 0.4) is 0 Å². The standard InChI is InChI=1S/C15H22N4S/c1-3-12-7-13-14(17-9-18-15(13)20-12)19-6-4-5-11(8-19)10(2)16/h7,9-11H,3-6,8,16H2,1-2H3. The number of aryl methyl sites for hydroxylation is 1. The molecule has 0 aromatic carbocycles. The zero-order chi connectivity index (χ0) is 14.1. The largest absolute Gasteiger partial charge is 0.356 e. The summed E-state index contributed by atoms with van der Waals surface area (Å²) in [4.78, 5) is 13.8. The third kappa shape index (κ3) is 2.52. The van der Waals surface area contributed by atoms with Crippen molar-refractivity contribution in [2.45, 2.75) is 39.2 Å². The molecule has 2 atom stereocenters. The molecule has 0 radical (unpaired) electrons. The van der Waals surface area contributed by atoms with Gasteiger partial charge >= 0.3 is 0 Å². The molecule has 3 rings (SSSR count). The molecular weight excluding hydrogens is 268 g/mol. The van der Waals surface area contributed by atoms with Crippen molar-refractivity contribution in [3.05, 3.63) is 17.3 Å². The molecule has 1 fully saturated rings. The van der Waals surface area contributed by atoms with Gasteiger partial charge in [0.1, 0.15) is 17.0 Å². The van der Waals surface area contributed by atoms with Crippen LogP contribution in [-0.4, -0.2) is 29.1 Å². The van der Waals surface area contributed by atoms with Gasteiger partial charge in [0.2, 0.25) is 0 Å². The van der Waals surface area contributed by atoms with Crippen LogP contribution < -0.4 is 10.6 Å². The number of anilines is 1. The SMILES string of the molecule is CCc1cc2c(N3CCCC(C(C)N)C3)ncnc2s1. The van der Waals surface area contributed by atoms with Crippen LogP contribution in [0, 0.1) is 5.92 Å². The highest BCUT2D eigenvalue weighted by Gasteiger charge is 2.25. The molecule has 2 N–H and O–H groups in total. The Kier molecular flexibility index (Phi) is 3.89. The van der Waals surface area contributed by atoms with E-state index in [2.05, 4.69) is 34.8 Å². The van der Waals surface area contributed by atoms with Gasteiger partial charge in [0.15, 0.2) is 0 Å². The van der Waals surface area contributed by atoms with Crippen LogP contribution in [0.15, 0.2) is 12.4 Å². The van der Waals surface area contributed by atoms with E-state index in [0.717, 1.165) is 30.2 Å². The van der Waals surface area contributed by atoms with Gasteiger partial charge in [-0.1, -0.05) is 6.92 Å². The van der Waals surface area contributed by atoms with Gasteiger partial charge in [0.05, 0.1) is 5.39 Å². The fraction of sp³-hybridized carbons (Fsp3) is 0.600. The van der Waals surface area contributed by atoms with Gasteiger partial charge in [-0.25, -0.2) is 9.97 Å². The Morgan fingerprint density at radius 1 is 1.50 bits per heavy atom. The quantitative estimate of drug-likeness (QED) is 0.944. The molecular formula is C15H22N4S. The lowest BCUT2D eigenvalue weighted by Gasteiger charge is -2.35. The highest BCUT2D eigenvalue weighted by atomic mass is 32.1. The number of nitrogens with two attached hydrogens (primary N) is 1. The molecule has 2 aromatic heterocycles. The van der Waals surface area contributed by atoms with Crippen LogP contribution in [0.1, 0.15) is 31.6 Å². The van der Waals surface area contributed by atoms with Crippen LogP contribution in [-0.2, 0) is 6.42 Å². The molecule has 20 heavy (non-hydrogen) atoms. The molecule has 2 unspecified atom stereocenters. The van der Waals surface area contributed by atoms with Gasteiger partial charge in [-0.05, 0) is 38.2 Å². The summed E-state index contributed by atoms with van der Waals surface area (Å²) in [5, 5.41) is 1.21. The highest BCUT2D eigenvalue weighted by Crippen LogP contribution is 2.32. The van der Waals surface area contributed by atoms with Crippen LogP contribution >= 0.6 is 11.3 Å². The van der Waals surface area contributed by atoms with Crippen molar-refractivity contribution in [3.63, 3.8) is 0 Å². The molecule has 4 nitrogen and oxygen atoms in total. The smallest absolute Gasteiger partial charge is 0.140 e. The first-order valence-electron chi connectivity index (χ1n) is 7.43. The van der Waals surface area contributed by atoms with Crippen LogP contribution in [0.4, 0.5) is 5.82 Å². The van der Waals surface area contributed by atoms with Gasteiger partial charge in [0, 0.05) is 24.0 Å². The minimum Gasteiger partial charge on any atom is -0.356 e. The summed E-state index contributed by atoms with van der Waals surface area (Å²) in [6.45, 7) is 6.39. The summed E-state index contributed by atoms with van der Waals surface area (Å²) < 4.78 is 0. The van der Waals surface area contributed by atoms with Gasteiger partial charge in [-0.3, -0.25) is 0 Å². The van der Waals surface area contributed by atoms with Gasteiger partial charge in [-0.2, -0.15) is 0 Å². The maximum Gasteiger partial charge on any atom is 0.140 e. The minimum atomic E-state index is 0.254. The summed E-state index contributed by atoms with van der Waals surface area (Å²) in [6, 6.07) is 2.51. The second kappa shape index (κ2) is 5.66. The van der Waals surface area contributed by atoms with E-state index < -0.39 is 0 Å². The first-order chi connectivity index (χ1) is 9.69. The molecule has 2 aromatic rings. The van der Waals surface area contributed by atoms with E-state index in [4.69, 9.17) is 5.73 Å². The number of fused-ring (bicyclic) bond motifs is 1. The molecule has 1 aliphatic rings. The number of aromatic nitrogens is 2. The van der Waals surface area contributed by atoms with Crippen LogP contribution in [0.2, 0.25) is 0 Å². The average Bonchev–Trinajstić information content (AvgIpc) is 2.90. The van der Waals surface area contributed by atoms with E-state index in [1.54, 1.807) is 17.7 Å². The van der Waals surface area contributed by atoms with Gasteiger partial charge < -0.3 is 10.6 Å². The first-order valence-corrected chi connectivity index (χ1v) is 8.24. The van der Waals surface area contributed by atoms with Gasteiger partial charge in [0.25, 0.3) is 0 Å². The molecule has 0 aliphatic carbocycles. The lowest BCUT2D eigenvalue weighted by molar-refractivity contribution is 0.363. The zero-order valence-electron chi connectivity index (χ0n) is 12.2. The fourth-order valence-electron chi connectivity index (χ4n) is 2.95. The molecule has 1 saturated heterocycles. The summed E-state index contributed by atoms with van der Waals surface area (Å²) in [5.41, 5.74) is 6.09. The van der Waals surface area contributed by atoms with E-state index >= 15 is 0 Å². The van der Waals surface area contributed by atoms with Crippen LogP contribution in [0.5, 0.6) is 0 Å². The fourth-order valence-corrected chi connectivity index (χ4v) is 3.88. The Bertz CT molecular complexity index is 593. The second-order valence-corrected chi connectivity index (χ2v) is 6.81. The van der Waals surface area contributed by atoms with Gasteiger partial charge in [-0.15, -0.1) is 11.3 Å². The Hall–Kier alpha value is -1.20. The first kappa shape index (κ1) is 13.8. The monoisotopic (exact) mass is 290 g/mol. The Balaban J connectivity index is 1.94. The molecule has 0 bridgehead atoms. The third-order valence-corrected chi connectivity index (χ3v) is 5.40. The maximum absolute atomic E-state index is 6.09. The number of piperidine rings is 1. The third-order valence-electron chi connectivity index (χ3n) is 4.21. The van der Waals surface area contributed by atoms with Crippen molar-refractivity contribution in [1.29, 1.82) is 0 Å². The molecule has 3 heterocycles. The molecule has 0 saturated carbocycles. The predicted molar refractivity (Wildman–Crippen MR) is 85.4 cm³/mol. The maximum atomic E-state index is 6.09. The lowest BCUT2D eigenvalue weighted by Crippen LogP contribution is -2.42. The minimum absolute atomic E-state index is 0.254. The summed E-state index contributed by atoms with van der Waals surface area (Å²) >= 11 is 1.78. The number of thiophene rings is 1. The zero-order valence-corrected chi connectivity index (χ0v) is 13.0. The number of hydrogen-bond acceptors (Lipinski definition) is 5. The van der Waals surface area contributed by atoms with Crippen molar-refractivity contribution >= 4 is 27.4 Å². The summed E-state index contributed by atoms with van der Waals surface area (Å²) in [6.07, 6.45) is 5.18. The Labute approximate surface area is 124 Å². The number of rotatable bonds is 3. The molecule has 108 valence electrons. The van der Waals surface area contributed by atoms with E-state index in [1.807, 2.05) is 0 Å². The summed E-state index contributed by atoms with van der Waals surface area (Å²) in [5.74, 6) is 1.66. The molecule has 0 amide bonds. The van der Waals surface area contributed by atoms with Crippen molar-refractivity contribution < 1.29 is 0 Å². The van der Waals surface area contributed by atoms with Crippen molar-refractivity contribution in [2.24, 2.45) is 11.7 Å². The topological polar surface area (TPSA) is 55.0 Å². The van der Waals surface area contributed by atoms with Crippen LogP contribution in [0.25, 0.3) is 10.2 Å². The normalized spacial score (nSPS) is 21.4. The number of nitrogens with zero attached hydrogens (tertiary/aromatic N) is 3. The number of hydrogen-bond donors (Lipinski definition) is 1.